The third-order valence-corrected chi connectivity index (χ3v) is 3.06. The monoisotopic (exact) mass is 255 g/mol. The molecule has 0 aliphatic heterocycles. The molecule has 0 saturated heterocycles. The van der Waals surface area contributed by atoms with Crippen molar-refractivity contribution in [3.05, 3.63) is 65.2 Å². The Morgan fingerprint density at radius 2 is 1.84 bits per heavy atom. The van der Waals surface area contributed by atoms with Crippen LogP contribution in [0.4, 0.5) is 5.69 Å². The summed E-state index contributed by atoms with van der Waals surface area (Å²) >= 11 is 0. The molecule has 2 aromatic rings. The molecule has 3 heteroatoms. The van der Waals surface area contributed by atoms with Crippen molar-refractivity contribution in [3.63, 3.8) is 0 Å². The Bertz CT molecular complexity index is 576. The number of aromatic carboxylic acids is 1. The van der Waals surface area contributed by atoms with Crippen molar-refractivity contribution in [3.8, 4) is 0 Å². The van der Waals surface area contributed by atoms with Crippen molar-refractivity contribution in [2.75, 3.05) is 5.32 Å². The lowest BCUT2D eigenvalue weighted by Crippen LogP contribution is -2.07. The summed E-state index contributed by atoms with van der Waals surface area (Å²) in [6.07, 6.45) is 0. The topological polar surface area (TPSA) is 49.3 Å². The van der Waals surface area contributed by atoms with Gasteiger partial charge in [0.25, 0.3) is 0 Å². The Morgan fingerprint density at radius 1 is 1.16 bits per heavy atom. The summed E-state index contributed by atoms with van der Waals surface area (Å²) in [6, 6.07) is 15.3. The Kier molecular flexibility index (Phi) is 3.85. The highest BCUT2D eigenvalue weighted by Crippen LogP contribution is 2.20. The third kappa shape index (κ3) is 3.35. The summed E-state index contributed by atoms with van der Waals surface area (Å²) in [7, 11) is 0. The first kappa shape index (κ1) is 13.1. The van der Waals surface area contributed by atoms with Crippen LogP contribution >= 0.6 is 0 Å². The van der Waals surface area contributed by atoms with Crippen molar-refractivity contribution in [2.45, 2.75) is 19.9 Å². The van der Waals surface area contributed by atoms with Crippen LogP contribution in [0.5, 0.6) is 0 Å². The average molecular weight is 255 g/mol. The standard InChI is InChI=1S/C16H17NO2/c1-11-4-3-5-14(10-11)12(2)17-15-8-6-13(7-9-15)16(18)19/h3-10,12,17H,1-2H3,(H,18,19). The van der Waals surface area contributed by atoms with Gasteiger partial charge in [0, 0.05) is 11.7 Å². The van der Waals surface area contributed by atoms with Gasteiger partial charge in [0.05, 0.1) is 5.56 Å². The maximum Gasteiger partial charge on any atom is 0.335 e. The number of hydrogen-bond acceptors (Lipinski definition) is 2. The predicted molar refractivity (Wildman–Crippen MR) is 76.6 cm³/mol. The first-order valence-electron chi connectivity index (χ1n) is 6.23. The first-order valence-corrected chi connectivity index (χ1v) is 6.23. The normalized spacial score (nSPS) is 11.9. The Morgan fingerprint density at radius 3 is 2.42 bits per heavy atom. The zero-order valence-electron chi connectivity index (χ0n) is 11.1. The molecular weight excluding hydrogens is 238 g/mol. The Balaban J connectivity index is 2.10. The molecule has 0 radical (unpaired) electrons. The maximum absolute atomic E-state index is 10.8. The molecule has 98 valence electrons. The van der Waals surface area contributed by atoms with Gasteiger partial charge in [0.15, 0.2) is 0 Å². The SMILES string of the molecule is Cc1cccc(C(C)Nc2ccc(C(=O)O)cc2)c1. The second-order valence-corrected chi connectivity index (χ2v) is 4.66. The van der Waals surface area contributed by atoms with Crippen molar-refractivity contribution < 1.29 is 9.90 Å². The van der Waals surface area contributed by atoms with E-state index in [0.717, 1.165) is 5.69 Å². The van der Waals surface area contributed by atoms with Crippen LogP contribution in [0.1, 0.15) is 34.5 Å². The molecule has 1 atom stereocenters. The number of rotatable bonds is 4. The van der Waals surface area contributed by atoms with Gasteiger partial charge in [-0.05, 0) is 43.7 Å². The summed E-state index contributed by atoms with van der Waals surface area (Å²) in [4.78, 5) is 10.8. The number of carbonyl (C=O) groups is 1. The fraction of sp³-hybridized carbons (Fsp3) is 0.188. The highest BCUT2D eigenvalue weighted by molar-refractivity contribution is 5.88. The smallest absolute Gasteiger partial charge is 0.335 e. The van der Waals surface area contributed by atoms with Crippen molar-refractivity contribution in [1.29, 1.82) is 0 Å². The van der Waals surface area contributed by atoms with Gasteiger partial charge in [-0.1, -0.05) is 29.8 Å². The molecule has 0 aliphatic rings. The molecule has 3 nitrogen and oxygen atoms in total. The van der Waals surface area contributed by atoms with Crippen LogP contribution in [-0.2, 0) is 0 Å². The molecule has 0 aromatic heterocycles. The van der Waals surface area contributed by atoms with Crippen molar-refractivity contribution >= 4 is 11.7 Å². The van der Waals surface area contributed by atoms with Gasteiger partial charge >= 0.3 is 5.97 Å². The van der Waals surface area contributed by atoms with Crippen LogP contribution < -0.4 is 5.32 Å². The summed E-state index contributed by atoms with van der Waals surface area (Å²) in [5, 5.41) is 12.2. The minimum Gasteiger partial charge on any atom is -0.478 e. The predicted octanol–water partition coefficient (Wildman–Crippen LogP) is 3.87. The molecule has 0 amide bonds. The van der Waals surface area contributed by atoms with Gasteiger partial charge in [0.2, 0.25) is 0 Å². The zero-order chi connectivity index (χ0) is 13.8. The van der Waals surface area contributed by atoms with Crippen LogP contribution in [-0.4, -0.2) is 11.1 Å². The second-order valence-electron chi connectivity index (χ2n) is 4.66. The molecule has 2 N–H and O–H groups in total. The molecule has 2 aromatic carbocycles. The molecule has 19 heavy (non-hydrogen) atoms. The highest BCUT2D eigenvalue weighted by atomic mass is 16.4. The fourth-order valence-corrected chi connectivity index (χ4v) is 1.98. The minimum absolute atomic E-state index is 0.176. The fourth-order valence-electron chi connectivity index (χ4n) is 1.98. The number of anilines is 1. The Labute approximate surface area is 112 Å². The number of nitrogens with one attached hydrogen (secondary N) is 1. The quantitative estimate of drug-likeness (QED) is 0.872. The van der Waals surface area contributed by atoms with E-state index in [1.807, 2.05) is 6.07 Å². The number of benzene rings is 2. The molecule has 0 spiro atoms. The molecule has 0 saturated carbocycles. The summed E-state index contributed by atoms with van der Waals surface area (Å²) in [5.74, 6) is -0.904. The van der Waals surface area contributed by atoms with Gasteiger partial charge in [-0.3, -0.25) is 0 Å². The van der Waals surface area contributed by atoms with Crippen LogP contribution in [0.25, 0.3) is 0 Å². The van der Waals surface area contributed by atoms with Crippen LogP contribution in [0, 0.1) is 6.92 Å². The molecule has 0 heterocycles. The molecule has 0 fully saturated rings. The van der Waals surface area contributed by atoms with Crippen LogP contribution in [0.15, 0.2) is 48.5 Å². The van der Waals surface area contributed by atoms with Crippen molar-refractivity contribution in [2.24, 2.45) is 0 Å². The Hall–Kier alpha value is -2.29. The molecule has 2 rings (SSSR count). The summed E-state index contributed by atoms with van der Waals surface area (Å²) < 4.78 is 0. The van der Waals surface area contributed by atoms with E-state index in [-0.39, 0.29) is 6.04 Å². The third-order valence-electron chi connectivity index (χ3n) is 3.06. The van der Waals surface area contributed by atoms with E-state index in [9.17, 15) is 4.79 Å². The molecule has 1 unspecified atom stereocenters. The second kappa shape index (κ2) is 5.57. The number of aryl methyl sites for hydroxylation is 1. The summed E-state index contributed by atoms with van der Waals surface area (Å²) in [6.45, 7) is 4.15. The lowest BCUT2D eigenvalue weighted by molar-refractivity contribution is 0.0697. The number of carboxylic acid groups (broad SMARTS) is 1. The van der Waals surface area contributed by atoms with Crippen LogP contribution in [0.3, 0.4) is 0 Å². The highest BCUT2D eigenvalue weighted by Gasteiger charge is 2.06. The summed E-state index contributed by atoms with van der Waals surface area (Å²) in [5.41, 5.74) is 3.66. The lowest BCUT2D eigenvalue weighted by atomic mass is 10.1. The van der Waals surface area contributed by atoms with E-state index in [1.54, 1.807) is 24.3 Å². The first-order chi connectivity index (χ1) is 9.06. The van der Waals surface area contributed by atoms with E-state index in [0.29, 0.717) is 5.56 Å². The van der Waals surface area contributed by atoms with E-state index in [1.165, 1.54) is 11.1 Å². The zero-order valence-corrected chi connectivity index (χ0v) is 11.1. The van der Waals surface area contributed by atoms with Crippen LogP contribution in [0.2, 0.25) is 0 Å². The number of carboxylic acids is 1. The average Bonchev–Trinajstić information content (AvgIpc) is 2.39. The minimum atomic E-state index is -0.904. The number of hydrogen-bond donors (Lipinski definition) is 2. The van der Waals surface area contributed by atoms with E-state index >= 15 is 0 Å². The van der Waals surface area contributed by atoms with E-state index in [4.69, 9.17) is 5.11 Å². The van der Waals surface area contributed by atoms with Gasteiger partial charge in [0.1, 0.15) is 0 Å². The van der Waals surface area contributed by atoms with Gasteiger partial charge in [-0.2, -0.15) is 0 Å². The molecule has 0 aliphatic carbocycles. The van der Waals surface area contributed by atoms with E-state index < -0.39 is 5.97 Å². The largest absolute Gasteiger partial charge is 0.478 e. The molecular formula is C16H17NO2. The van der Waals surface area contributed by atoms with E-state index in [2.05, 4.69) is 37.4 Å². The van der Waals surface area contributed by atoms with Crippen molar-refractivity contribution in [1.82, 2.24) is 0 Å². The van der Waals surface area contributed by atoms with Gasteiger partial charge in [-0.25, -0.2) is 4.79 Å². The van der Waals surface area contributed by atoms with Gasteiger partial charge in [-0.15, -0.1) is 0 Å². The lowest BCUT2D eigenvalue weighted by Gasteiger charge is -2.16. The maximum atomic E-state index is 10.8. The van der Waals surface area contributed by atoms with Gasteiger partial charge < -0.3 is 10.4 Å². The molecule has 0 bridgehead atoms.